The van der Waals surface area contributed by atoms with Crippen molar-refractivity contribution in [2.45, 2.75) is 26.7 Å². The molecule has 0 saturated carbocycles. The monoisotopic (exact) mass is 268 g/mol. The fourth-order valence-corrected chi connectivity index (χ4v) is 2.06. The van der Waals surface area contributed by atoms with Gasteiger partial charge in [0.05, 0.1) is 0 Å². The van der Waals surface area contributed by atoms with E-state index in [9.17, 15) is 4.79 Å². The lowest BCUT2D eigenvalue weighted by molar-refractivity contribution is -0.119. The third-order valence-corrected chi connectivity index (χ3v) is 2.94. The molecule has 2 aromatic carbocycles. The minimum absolute atomic E-state index is 0.289. The average molecular weight is 268 g/mol. The highest BCUT2D eigenvalue weighted by Gasteiger charge is 2.06. The Morgan fingerprint density at radius 1 is 0.950 bits per heavy atom. The predicted molar refractivity (Wildman–Crippen MR) is 81.1 cm³/mol. The van der Waals surface area contributed by atoms with Crippen LogP contribution < -0.4 is 4.74 Å². The molecule has 0 fully saturated rings. The summed E-state index contributed by atoms with van der Waals surface area (Å²) in [6, 6.07) is 17.4. The summed E-state index contributed by atoms with van der Waals surface area (Å²) >= 11 is 0. The molecule has 0 aliphatic heterocycles. The van der Waals surface area contributed by atoms with Gasteiger partial charge in [0, 0.05) is 12.8 Å². The Morgan fingerprint density at radius 3 is 2.15 bits per heavy atom. The van der Waals surface area contributed by atoms with Gasteiger partial charge in [-0.25, -0.2) is 0 Å². The molecule has 20 heavy (non-hydrogen) atoms. The number of para-hydroxylation sites is 1. The smallest absolute Gasteiger partial charge is 0.137 e. The minimum Gasteiger partial charge on any atom is -0.457 e. The van der Waals surface area contributed by atoms with Crippen molar-refractivity contribution >= 4 is 5.78 Å². The largest absolute Gasteiger partial charge is 0.457 e. The number of benzene rings is 2. The molecule has 2 aromatic rings. The molecule has 0 saturated heterocycles. The Bertz CT molecular complexity index is 541. The average Bonchev–Trinajstić information content (AvgIpc) is 2.41. The van der Waals surface area contributed by atoms with E-state index < -0.39 is 0 Å². The van der Waals surface area contributed by atoms with Gasteiger partial charge in [0.2, 0.25) is 0 Å². The number of carbonyl (C=O) groups is 1. The number of carbonyl (C=O) groups excluding carboxylic acids is 1. The summed E-state index contributed by atoms with van der Waals surface area (Å²) in [6.07, 6.45) is 1.14. The van der Waals surface area contributed by atoms with Crippen LogP contribution in [0.5, 0.6) is 11.5 Å². The van der Waals surface area contributed by atoms with E-state index in [1.165, 1.54) is 0 Å². The van der Waals surface area contributed by atoms with Gasteiger partial charge in [-0.05, 0) is 35.7 Å². The van der Waals surface area contributed by atoms with Crippen molar-refractivity contribution in [1.82, 2.24) is 0 Å². The first-order valence-corrected chi connectivity index (χ1v) is 6.97. The van der Waals surface area contributed by atoms with E-state index in [1.807, 2.05) is 54.6 Å². The van der Waals surface area contributed by atoms with Crippen molar-refractivity contribution in [2.24, 2.45) is 5.92 Å². The second-order valence-corrected chi connectivity index (χ2v) is 5.37. The first-order valence-electron chi connectivity index (χ1n) is 6.97. The molecule has 0 aliphatic carbocycles. The number of ketones is 1. The molecule has 0 bridgehead atoms. The number of Topliss-reactive ketones (excluding diaryl/α,β-unsaturated/α-hetero) is 1. The second-order valence-electron chi connectivity index (χ2n) is 5.37. The van der Waals surface area contributed by atoms with Crippen LogP contribution in [0.15, 0.2) is 54.6 Å². The van der Waals surface area contributed by atoms with Crippen LogP contribution in [0.1, 0.15) is 25.8 Å². The zero-order valence-corrected chi connectivity index (χ0v) is 12.0. The molecular weight excluding hydrogens is 248 g/mol. The van der Waals surface area contributed by atoms with Gasteiger partial charge in [0.1, 0.15) is 17.3 Å². The van der Waals surface area contributed by atoms with Gasteiger partial charge in [0.25, 0.3) is 0 Å². The highest BCUT2D eigenvalue weighted by atomic mass is 16.5. The zero-order chi connectivity index (χ0) is 14.4. The van der Waals surface area contributed by atoms with Crippen molar-refractivity contribution in [1.29, 1.82) is 0 Å². The third kappa shape index (κ3) is 4.54. The van der Waals surface area contributed by atoms with Crippen molar-refractivity contribution in [3.8, 4) is 11.5 Å². The minimum atomic E-state index is 0.289. The predicted octanol–water partition coefficient (Wildman–Crippen LogP) is 4.64. The van der Waals surface area contributed by atoms with Crippen LogP contribution in [0.3, 0.4) is 0 Å². The van der Waals surface area contributed by atoms with E-state index in [-0.39, 0.29) is 5.78 Å². The van der Waals surface area contributed by atoms with Crippen LogP contribution in [-0.4, -0.2) is 5.78 Å². The van der Waals surface area contributed by atoms with Crippen LogP contribution in [0.2, 0.25) is 0 Å². The molecular formula is C18H20O2. The number of rotatable bonds is 6. The first kappa shape index (κ1) is 14.3. The fraction of sp³-hybridized carbons (Fsp3) is 0.278. The molecule has 2 nitrogen and oxygen atoms in total. The summed E-state index contributed by atoms with van der Waals surface area (Å²) in [6.45, 7) is 4.13. The summed E-state index contributed by atoms with van der Waals surface area (Å²) in [5, 5.41) is 0. The highest BCUT2D eigenvalue weighted by Crippen LogP contribution is 2.21. The Kier molecular flexibility index (Phi) is 4.94. The lowest BCUT2D eigenvalue weighted by Crippen LogP contribution is -2.06. The maximum atomic E-state index is 11.8. The quantitative estimate of drug-likeness (QED) is 0.763. The topological polar surface area (TPSA) is 26.3 Å². The normalized spacial score (nSPS) is 10.6. The zero-order valence-electron chi connectivity index (χ0n) is 12.0. The van der Waals surface area contributed by atoms with E-state index in [1.54, 1.807) is 0 Å². The molecule has 2 heteroatoms. The van der Waals surface area contributed by atoms with Crippen molar-refractivity contribution in [3.63, 3.8) is 0 Å². The Hall–Kier alpha value is -2.09. The molecule has 0 radical (unpaired) electrons. The molecule has 0 spiro atoms. The van der Waals surface area contributed by atoms with Crippen LogP contribution in [0, 0.1) is 5.92 Å². The number of hydrogen-bond donors (Lipinski definition) is 0. The van der Waals surface area contributed by atoms with Gasteiger partial charge in [0.15, 0.2) is 0 Å². The maximum absolute atomic E-state index is 11.8. The molecule has 2 rings (SSSR count). The van der Waals surface area contributed by atoms with E-state index in [0.717, 1.165) is 17.1 Å². The van der Waals surface area contributed by atoms with Crippen LogP contribution in [-0.2, 0) is 11.2 Å². The Morgan fingerprint density at radius 2 is 1.55 bits per heavy atom. The van der Waals surface area contributed by atoms with Crippen molar-refractivity contribution in [3.05, 3.63) is 60.2 Å². The standard InChI is InChI=1S/C18H20O2/c1-14(2)12-16(19)13-15-8-10-18(11-9-15)20-17-6-4-3-5-7-17/h3-11,14H,12-13H2,1-2H3. The Labute approximate surface area is 120 Å². The first-order chi connectivity index (χ1) is 9.63. The Balaban J connectivity index is 1.94. The molecule has 0 aliphatic rings. The molecule has 0 heterocycles. The molecule has 0 unspecified atom stereocenters. The third-order valence-electron chi connectivity index (χ3n) is 2.94. The van der Waals surface area contributed by atoms with Crippen LogP contribution >= 0.6 is 0 Å². The van der Waals surface area contributed by atoms with Crippen molar-refractivity contribution in [2.75, 3.05) is 0 Å². The summed E-state index contributed by atoms with van der Waals surface area (Å²) < 4.78 is 5.72. The number of hydrogen-bond acceptors (Lipinski definition) is 2. The van der Waals surface area contributed by atoms with Gasteiger partial charge >= 0.3 is 0 Å². The van der Waals surface area contributed by atoms with Gasteiger partial charge in [-0.1, -0.05) is 44.2 Å². The summed E-state index contributed by atoms with van der Waals surface area (Å²) in [5.74, 6) is 2.31. The van der Waals surface area contributed by atoms with Gasteiger partial charge in [-0.2, -0.15) is 0 Å². The number of ether oxygens (including phenoxy) is 1. The molecule has 0 amide bonds. The van der Waals surface area contributed by atoms with Crippen LogP contribution in [0.25, 0.3) is 0 Å². The van der Waals surface area contributed by atoms with E-state index in [4.69, 9.17) is 4.74 Å². The summed E-state index contributed by atoms with van der Waals surface area (Å²) in [7, 11) is 0. The van der Waals surface area contributed by atoms with E-state index in [2.05, 4.69) is 13.8 Å². The summed E-state index contributed by atoms with van der Waals surface area (Å²) in [5.41, 5.74) is 1.04. The molecule has 104 valence electrons. The molecule has 0 N–H and O–H groups in total. The van der Waals surface area contributed by atoms with Gasteiger partial charge < -0.3 is 4.74 Å². The maximum Gasteiger partial charge on any atom is 0.137 e. The molecule has 0 atom stereocenters. The van der Waals surface area contributed by atoms with E-state index in [0.29, 0.717) is 18.8 Å². The van der Waals surface area contributed by atoms with Gasteiger partial charge in [-0.15, -0.1) is 0 Å². The van der Waals surface area contributed by atoms with E-state index >= 15 is 0 Å². The van der Waals surface area contributed by atoms with Crippen LogP contribution in [0.4, 0.5) is 0 Å². The SMILES string of the molecule is CC(C)CC(=O)Cc1ccc(Oc2ccccc2)cc1. The second kappa shape index (κ2) is 6.90. The summed E-state index contributed by atoms with van der Waals surface area (Å²) in [4.78, 5) is 11.8. The lowest BCUT2D eigenvalue weighted by Gasteiger charge is -2.07. The van der Waals surface area contributed by atoms with Gasteiger partial charge in [-0.3, -0.25) is 4.79 Å². The fourth-order valence-electron chi connectivity index (χ4n) is 2.06. The lowest BCUT2D eigenvalue weighted by atomic mass is 10.0. The molecule has 0 aromatic heterocycles. The highest BCUT2D eigenvalue weighted by molar-refractivity contribution is 5.81. The van der Waals surface area contributed by atoms with Crippen molar-refractivity contribution < 1.29 is 9.53 Å².